The summed E-state index contributed by atoms with van der Waals surface area (Å²) in [7, 11) is 0. The molecule has 9 aromatic rings. The molecule has 8 aromatic carbocycles. The molecule has 10 rings (SSSR count). The Labute approximate surface area is 302 Å². The van der Waals surface area contributed by atoms with Crippen LogP contribution in [-0.2, 0) is 0 Å². The van der Waals surface area contributed by atoms with Crippen molar-refractivity contribution in [1.82, 2.24) is 0 Å². The molecular formula is C48H32N2O2. The molecule has 0 saturated heterocycles. The molecule has 0 bridgehead atoms. The Morgan fingerprint density at radius 1 is 0.404 bits per heavy atom. The van der Waals surface area contributed by atoms with Crippen molar-refractivity contribution in [2.45, 2.75) is 0 Å². The molecule has 0 atom stereocenters. The quantitative estimate of drug-likeness (QED) is 0.176. The Balaban J connectivity index is 1.09. The number of anilines is 6. The average molecular weight is 669 g/mol. The van der Waals surface area contributed by atoms with E-state index in [0.717, 1.165) is 78.7 Å². The lowest BCUT2D eigenvalue weighted by molar-refractivity contribution is 0.477. The van der Waals surface area contributed by atoms with Crippen molar-refractivity contribution < 1.29 is 9.15 Å². The molecule has 0 saturated carbocycles. The monoisotopic (exact) mass is 668 g/mol. The minimum absolute atomic E-state index is 0.791. The van der Waals surface area contributed by atoms with Gasteiger partial charge < -0.3 is 19.0 Å². The number of hydrogen-bond donors (Lipinski definition) is 0. The van der Waals surface area contributed by atoms with E-state index >= 15 is 0 Å². The van der Waals surface area contributed by atoms with Gasteiger partial charge in [0, 0.05) is 45.2 Å². The first-order valence-corrected chi connectivity index (χ1v) is 17.5. The van der Waals surface area contributed by atoms with Crippen molar-refractivity contribution in [2.75, 3.05) is 9.80 Å². The number of nitrogens with zero attached hydrogens (tertiary/aromatic N) is 2. The van der Waals surface area contributed by atoms with Crippen LogP contribution < -0.4 is 14.5 Å². The van der Waals surface area contributed by atoms with Crippen LogP contribution in [0, 0.1) is 0 Å². The summed E-state index contributed by atoms with van der Waals surface area (Å²) in [6.45, 7) is 0. The fourth-order valence-electron chi connectivity index (χ4n) is 7.39. The van der Waals surface area contributed by atoms with Crippen molar-refractivity contribution in [1.29, 1.82) is 0 Å². The van der Waals surface area contributed by atoms with E-state index in [9.17, 15) is 0 Å². The maximum atomic E-state index is 6.63. The second-order valence-electron chi connectivity index (χ2n) is 13.0. The zero-order valence-electron chi connectivity index (χ0n) is 28.2. The van der Waals surface area contributed by atoms with E-state index < -0.39 is 0 Å². The predicted octanol–water partition coefficient (Wildman–Crippen LogP) is 14.0. The SMILES string of the molecule is c1ccc(-c2ccc(N(c3ccc(-c4cccc5c4oc4ccccc45)cc3)c3ccc4c(c3)Oc3ccccc3N4c3ccccc3)cc2)cc1. The van der Waals surface area contributed by atoms with E-state index in [2.05, 4.69) is 168 Å². The van der Waals surface area contributed by atoms with Crippen LogP contribution in [-0.4, -0.2) is 0 Å². The normalized spacial score (nSPS) is 12.0. The molecule has 0 aliphatic carbocycles. The number of rotatable bonds is 6. The molecule has 246 valence electrons. The second-order valence-corrected chi connectivity index (χ2v) is 13.0. The van der Waals surface area contributed by atoms with Crippen LogP contribution in [0.1, 0.15) is 0 Å². The number of ether oxygens (including phenoxy) is 1. The van der Waals surface area contributed by atoms with Crippen LogP contribution in [0.2, 0.25) is 0 Å². The van der Waals surface area contributed by atoms with Crippen molar-refractivity contribution in [3.05, 3.63) is 194 Å². The van der Waals surface area contributed by atoms with E-state index in [-0.39, 0.29) is 0 Å². The van der Waals surface area contributed by atoms with Gasteiger partial charge in [0.2, 0.25) is 0 Å². The maximum absolute atomic E-state index is 6.63. The summed E-state index contributed by atoms with van der Waals surface area (Å²) in [4.78, 5) is 4.56. The number of para-hydroxylation sites is 5. The highest BCUT2D eigenvalue weighted by Gasteiger charge is 2.27. The molecule has 1 aliphatic heterocycles. The summed E-state index contributed by atoms with van der Waals surface area (Å²) in [5.74, 6) is 1.61. The highest BCUT2D eigenvalue weighted by atomic mass is 16.5. The van der Waals surface area contributed by atoms with Gasteiger partial charge in [0.15, 0.2) is 11.5 Å². The van der Waals surface area contributed by atoms with Gasteiger partial charge in [0.05, 0.1) is 11.4 Å². The van der Waals surface area contributed by atoms with Gasteiger partial charge in [-0.3, -0.25) is 0 Å². The number of benzene rings is 8. The fourth-order valence-corrected chi connectivity index (χ4v) is 7.39. The molecule has 1 aromatic heterocycles. The highest BCUT2D eigenvalue weighted by molar-refractivity contribution is 6.09. The van der Waals surface area contributed by atoms with Crippen molar-refractivity contribution in [2.24, 2.45) is 0 Å². The van der Waals surface area contributed by atoms with Crippen molar-refractivity contribution >= 4 is 56.1 Å². The molecule has 0 amide bonds. The second kappa shape index (κ2) is 12.4. The molecule has 0 unspecified atom stereocenters. The number of furan rings is 1. The highest BCUT2D eigenvalue weighted by Crippen LogP contribution is 2.52. The predicted molar refractivity (Wildman–Crippen MR) is 214 cm³/mol. The molecule has 0 radical (unpaired) electrons. The largest absolute Gasteiger partial charge is 0.455 e. The molecular weight excluding hydrogens is 637 g/mol. The van der Waals surface area contributed by atoms with Crippen LogP contribution in [0.25, 0.3) is 44.2 Å². The number of fused-ring (bicyclic) bond motifs is 5. The molecule has 2 heterocycles. The van der Waals surface area contributed by atoms with Gasteiger partial charge in [-0.05, 0) is 83.4 Å². The Morgan fingerprint density at radius 3 is 1.79 bits per heavy atom. The van der Waals surface area contributed by atoms with Gasteiger partial charge in [-0.25, -0.2) is 0 Å². The van der Waals surface area contributed by atoms with Crippen LogP contribution in [0.15, 0.2) is 199 Å². The first kappa shape index (κ1) is 29.8. The Morgan fingerprint density at radius 2 is 1.00 bits per heavy atom. The summed E-state index contributed by atoms with van der Waals surface area (Å²) < 4.78 is 13.0. The summed E-state index contributed by atoms with van der Waals surface area (Å²) in [5, 5.41) is 2.25. The maximum Gasteiger partial charge on any atom is 0.153 e. The van der Waals surface area contributed by atoms with E-state index in [1.54, 1.807) is 0 Å². The van der Waals surface area contributed by atoms with E-state index in [0.29, 0.717) is 0 Å². The first-order chi connectivity index (χ1) is 25.8. The van der Waals surface area contributed by atoms with Gasteiger partial charge in [-0.2, -0.15) is 0 Å². The third kappa shape index (κ3) is 5.09. The van der Waals surface area contributed by atoms with Crippen LogP contribution in [0.5, 0.6) is 11.5 Å². The van der Waals surface area contributed by atoms with Gasteiger partial charge in [-0.15, -0.1) is 0 Å². The molecule has 0 fully saturated rings. The molecule has 1 aliphatic rings. The standard InChI is InChI=1S/C48H32N2O2/c1-3-12-33(13-4-1)34-22-26-37(27-23-34)49(38-28-24-35(25-29-38)40-17-11-18-42-41-16-7-9-20-45(41)52-48(40)42)39-30-31-44-47(32-39)51-46-21-10-8-19-43(46)50(44)36-14-5-2-6-15-36/h1-32H. The Bertz CT molecular complexity index is 2700. The summed E-state index contributed by atoms with van der Waals surface area (Å²) >= 11 is 0. The summed E-state index contributed by atoms with van der Waals surface area (Å²) in [6.07, 6.45) is 0. The van der Waals surface area contributed by atoms with Crippen LogP contribution in [0.3, 0.4) is 0 Å². The zero-order valence-corrected chi connectivity index (χ0v) is 28.2. The topological polar surface area (TPSA) is 28.9 Å². The van der Waals surface area contributed by atoms with Crippen molar-refractivity contribution in [3.8, 4) is 33.8 Å². The first-order valence-electron chi connectivity index (χ1n) is 17.5. The Kier molecular flexibility index (Phi) is 7.10. The summed E-state index contributed by atoms with van der Waals surface area (Å²) in [5.41, 5.74) is 12.5. The molecule has 0 N–H and O–H groups in total. The summed E-state index contributed by atoms with van der Waals surface area (Å²) in [6, 6.07) is 67.8. The third-order valence-corrected chi connectivity index (χ3v) is 9.86. The smallest absolute Gasteiger partial charge is 0.153 e. The van der Waals surface area contributed by atoms with Gasteiger partial charge in [0.25, 0.3) is 0 Å². The van der Waals surface area contributed by atoms with Gasteiger partial charge in [0.1, 0.15) is 11.2 Å². The van der Waals surface area contributed by atoms with E-state index in [1.165, 1.54) is 11.1 Å². The third-order valence-electron chi connectivity index (χ3n) is 9.86. The van der Waals surface area contributed by atoms with E-state index in [1.807, 2.05) is 36.4 Å². The zero-order chi connectivity index (χ0) is 34.4. The van der Waals surface area contributed by atoms with Gasteiger partial charge >= 0.3 is 0 Å². The molecule has 52 heavy (non-hydrogen) atoms. The molecule has 0 spiro atoms. The minimum Gasteiger partial charge on any atom is -0.455 e. The van der Waals surface area contributed by atoms with Crippen LogP contribution >= 0.6 is 0 Å². The van der Waals surface area contributed by atoms with Crippen molar-refractivity contribution in [3.63, 3.8) is 0 Å². The minimum atomic E-state index is 0.791. The average Bonchev–Trinajstić information content (AvgIpc) is 3.60. The molecule has 4 heteroatoms. The van der Waals surface area contributed by atoms with E-state index in [4.69, 9.17) is 9.15 Å². The lowest BCUT2D eigenvalue weighted by Crippen LogP contribution is -2.16. The molecule has 4 nitrogen and oxygen atoms in total. The number of hydrogen-bond acceptors (Lipinski definition) is 4. The lowest BCUT2D eigenvalue weighted by Gasteiger charge is -2.34. The van der Waals surface area contributed by atoms with Gasteiger partial charge in [-0.1, -0.05) is 121 Å². The fraction of sp³-hybridized carbons (Fsp3) is 0. The Hall–Kier alpha value is -7.04. The lowest BCUT2D eigenvalue weighted by atomic mass is 10.0. The van der Waals surface area contributed by atoms with Crippen LogP contribution in [0.4, 0.5) is 34.1 Å².